The minimum Gasteiger partial charge on any atom is -0.351 e. The van der Waals surface area contributed by atoms with Crippen molar-refractivity contribution in [2.45, 2.75) is 10.6 Å². The molecule has 0 atom stereocenters. The van der Waals surface area contributed by atoms with Crippen molar-refractivity contribution >= 4 is 56.6 Å². The summed E-state index contributed by atoms with van der Waals surface area (Å²) in [7, 11) is -3.76. The van der Waals surface area contributed by atoms with Gasteiger partial charge in [0.1, 0.15) is 0 Å². The molecule has 5 nitrogen and oxygen atoms in total. The molecule has 3 rings (SSSR count). The van der Waals surface area contributed by atoms with Crippen LogP contribution in [0.25, 0.3) is 0 Å². The van der Waals surface area contributed by atoms with E-state index in [4.69, 9.17) is 23.2 Å². The molecule has 0 radical (unpaired) electrons. The molecular formula is C22H20Cl2N2O3S2. The molecule has 0 aromatic heterocycles. The maximum atomic E-state index is 12.4. The van der Waals surface area contributed by atoms with E-state index in [1.54, 1.807) is 30.0 Å². The number of hydrogen-bond acceptors (Lipinski definition) is 4. The molecule has 3 aromatic rings. The van der Waals surface area contributed by atoms with Crippen LogP contribution in [0.2, 0.25) is 10.0 Å². The van der Waals surface area contributed by atoms with Crippen molar-refractivity contribution in [1.29, 1.82) is 0 Å². The summed E-state index contributed by atoms with van der Waals surface area (Å²) >= 11 is 13.9. The van der Waals surface area contributed by atoms with E-state index in [2.05, 4.69) is 10.0 Å². The van der Waals surface area contributed by atoms with Crippen LogP contribution < -0.4 is 10.0 Å². The summed E-state index contributed by atoms with van der Waals surface area (Å²) < 4.78 is 27.3. The molecule has 0 fully saturated rings. The van der Waals surface area contributed by atoms with Gasteiger partial charge in [-0.3, -0.25) is 9.52 Å². The van der Waals surface area contributed by atoms with Gasteiger partial charge in [-0.25, -0.2) is 8.42 Å². The van der Waals surface area contributed by atoms with Gasteiger partial charge in [0.25, 0.3) is 15.9 Å². The molecule has 0 aliphatic rings. The molecule has 9 heteroatoms. The van der Waals surface area contributed by atoms with Crippen molar-refractivity contribution in [2.75, 3.05) is 17.0 Å². The van der Waals surface area contributed by atoms with Gasteiger partial charge < -0.3 is 5.32 Å². The van der Waals surface area contributed by atoms with Gasteiger partial charge in [-0.2, -0.15) is 11.8 Å². The van der Waals surface area contributed by atoms with Crippen molar-refractivity contribution in [3.8, 4) is 0 Å². The maximum Gasteiger partial charge on any atom is 0.261 e. The summed E-state index contributed by atoms with van der Waals surface area (Å²) in [5.74, 6) is 1.27. The number of benzene rings is 3. The summed E-state index contributed by atoms with van der Waals surface area (Å²) in [6.07, 6.45) is 0. The molecule has 0 bridgehead atoms. The Hall–Kier alpha value is -2.19. The third-order valence-electron chi connectivity index (χ3n) is 4.22. The van der Waals surface area contributed by atoms with E-state index in [0.29, 0.717) is 17.1 Å². The minimum absolute atomic E-state index is 0.128. The molecule has 1 amide bonds. The smallest absolute Gasteiger partial charge is 0.261 e. The van der Waals surface area contributed by atoms with Gasteiger partial charge in [-0.1, -0.05) is 53.5 Å². The summed E-state index contributed by atoms with van der Waals surface area (Å²) in [6.45, 7) is 0.490. The fraction of sp³-hybridized carbons (Fsp3) is 0.136. The molecule has 0 aliphatic carbocycles. The van der Waals surface area contributed by atoms with E-state index in [-0.39, 0.29) is 21.5 Å². The zero-order chi connectivity index (χ0) is 22.3. The number of hydrogen-bond donors (Lipinski definition) is 2. The second-order valence-electron chi connectivity index (χ2n) is 6.55. The monoisotopic (exact) mass is 494 g/mol. The predicted molar refractivity (Wildman–Crippen MR) is 129 cm³/mol. The lowest BCUT2D eigenvalue weighted by atomic mass is 10.2. The summed E-state index contributed by atoms with van der Waals surface area (Å²) in [4.78, 5) is 12.5. The number of halogens is 2. The Morgan fingerprint density at radius 2 is 1.71 bits per heavy atom. The Morgan fingerprint density at radius 3 is 2.42 bits per heavy atom. The molecule has 0 spiro atoms. The molecule has 0 unspecified atom stereocenters. The Bertz CT molecular complexity index is 1160. The largest absolute Gasteiger partial charge is 0.351 e. The quantitative estimate of drug-likeness (QED) is 0.387. The molecule has 0 heterocycles. The number of carbonyl (C=O) groups excluding carboxylic acids is 1. The van der Waals surface area contributed by atoms with Crippen molar-refractivity contribution in [1.82, 2.24) is 5.32 Å². The summed E-state index contributed by atoms with van der Waals surface area (Å²) in [6, 6.07) is 20.1. The summed E-state index contributed by atoms with van der Waals surface area (Å²) in [5.41, 5.74) is 1.69. The van der Waals surface area contributed by atoms with Gasteiger partial charge in [-0.05, 0) is 48.0 Å². The normalized spacial score (nSPS) is 11.2. The van der Waals surface area contributed by atoms with Crippen LogP contribution in [0.4, 0.5) is 5.69 Å². The van der Waals surface area contributed by atoms with Crippen LogP contribution in [0.5, 0.6) is 0 Å². The van der Waals surface area contributed by atoms with E-state index in [1.807, 2.05) is 24.3 Å². The highest BCUT2D eigenvalue weighted by molar-refractivity contribution is 7.98. The average molecular weight is 495 g/mol. The van der Waals surface area contributed by atoms with E-state index in [0.717, 1.165) is 17.1 Å². The van der Waals surface area contributed by atoms with Crippen LogP contribution >= 0.6 is 35.0 Å². The van der Waals surface area contributed by atoms with E-state index < -0.39 is 10.0 Å². The fourth-order valence-electron chi connectivity index (χ4n) is 2.70. The lowest BCUT2D eigenvalue weighted by Crippen LogP contribution is -2.25. The number of anilines is 1. The highest BCUT2D eigenvalue weighted by Gasteiger charge is 2.16. The molecule has 0 saturated heterocycles. The SMILES string of the molecule is O=C(NCCSCc1cccc(Cl)c1)c1ccc(NS(=O)(=O)c2ccccc2)c(Cl)c1. The van der Waals surface area contributed by atoms with Crippen LogP contribution in [-0.4, -0.2) is 26.6 Å². The number of thioether (sulfide) groups is 1. The van der Waals surface area contributed by atoms with Gasteiger partial charge in [0.05, 0.1) is 15.6 Å². The van der Waals surface area contributed by atoms with Crippen LogP contribution in [0.3, 0.4) is 0 Å². The number of rotatable bonds is 9. The molecule has 31 heavy (non-hydrogen) atoms. The van der Waals surface area contributed by atoms with Gasteiger partial charge >= 0.3 is 0 Å². The van der Waals surface area contributed by atoms with Gasteiger partial charge in [0.15, 0.2) is 0 Å². The zero-order valence-corrected chi connectivity index (χ0v) is 19.5. The van der Waals surface area contributed by atoms with Crippen LogP contribution in [0.15, 0.2) is 77.7 Å². The molecule has 0 saturated carbocycles. The van der Waals surface area contributed by atoms with Gasteiger partial charge in [-0.15, -0.1) is 0 Å². The van der Waals surface area contributed by atoms with Crippen molar-refractivity contribution < 1.29 is 13.2 Å². The number of sulfonamides is 1. The molecule has 3 aromatic carbocycles. The summed E-state index contributed by atoms with van der Waals surface area (Å²) in [5, 5.41) is 3.68. The van der Waals surface area contributed by atoms with Crippen molar-refractivity contribution in [2.24, 2.45) is 0 Å². The number of carbonyl (C=O) groups is 1. The Balaban J connectivity index is 1.51. The number of nitrogens with one attached hydrogen (secondary N) is 2. The predicted octanol–water partition coefficient (Wildman–Crippen LogP) is 5.46. The maximum absolute atomic E-state index is 12.4. The average Bonchev–Trinajstić information content (AvgIpc) is 2.75. The topological polar surface area (TPSA) is 75.3 Å². The molecule has 2 N–H and O–H groups in total. The van der Waals surface area contributed by atoms with Gasteiger partial charge in [0, 0.05) is 28.6 Å². The lowest BCUT2D eigenvalue weighted by Gasteiger charge is -2.11. The third-order valence-corrected chi connectivity index (χ3v) is 7.18. The van der Waals surface area contributed by atoms with Crippen LogP contribution in [0, 0.1) is 0 Å². The Labute approximate surface area is 196 Å². The third kappa shape index (κ3) is 6.90. The minimum atomic E-state index is -3.76. The second-order valence-corrected chi connectivity index (χ2v) is 10.2. The standard InChI is InChI=1S/C22H20Cl2N2O3S2/c23-18-6-4-5-16(13-18)15-30-12-11-25-22(27)17-9-10-21(20(24)14-17)26-31(28,29)19-7-2-1-3-8-19/h1-10,13-14,26H,11-12,15H2,(H,25,27). The van der Waals surface area contributed by atoms with E-state index >= 15 is 0 Å². The Morgan fingerprint density at radius 1 is 0.935 bits per heavy atom. The molecule has 0 aliphatic heterocycles. The van der Waals surface area contributed by atoms with Crippen molar-refractivity contribution in [3.05, 3.63) is 94.0 Å². The lowest BCUT2D eigenvalue weighted by molar-refractivity contribution is 0.0956. The van der Waals surface area contributed by atoms with E-state index in [1.165, 1.54) is 30.3 Å². The first-order valence-corrected chi connectivity index (χ1v) is 12.7. The molecule has 162 valence electrons. The van der Waals surface area contributed by atoms with Crippen LogP contribution in [0.1, 0.15) is 15.9 Å². The second kappa shape index (κ2) is 10.9. The van der Waals surface area contributed by atoms with Gasteiger partial charge in [0.2, 0.25) is 0 Å². The van der Waals surface area contributed by atoms with Crippen molar-refractivity contribution in [3.63, 3.8) is 0 Å². The van der Waals surface area contributed by atoms with Crippen LogP contribution in [-0.2, 0) is 15.8 Å². The molecular weight excluding hydrogens is 475 g/mol. The Kier molecular flexibility index (Phi) is 8.26. The number of amides is 1. The zero-order valence-electron chi connectivity index (χ0n) is 16.3. The first kappa shape index (κ1) is 23.5. The highest BCUT2D eigenvalue weighted by atomic mass is 35.5. The first-order valence-electron chi connectivity index (χ1n) is 9.33. The fourth-order valence-corrected chi connectivity index (χ4v) is 5.10. The highest BCUT2D eigenvalue weighted by Crippen LogP contribution is 2.26. The van der Waals surface area contributed by atoms with E-state index in [9.17, 15) is 13.2 Å². The first-order chi connectivity index (χ1) is 14.8.